The molecule has 0 aliphatic rings. The number of benzene rings is 1. The van der Waals surface area contributed by atoms with E-state index in [-0.39, 0.29) is 17.5 Å². The normalized spacial score (nSPS) is 12.3. The van der Waals surface area contributed by atoms with Crippen molar-refractivity contribution < 1.29 is 23.5 Å². The van der Waals surface area contributed by atoms with E-state index in [1.807, 2.05) is 20.8 Å². The van der Waals surface area contributed by atoms with Crippen LogP contribution in [0.4, 0.5) is 0 Å². The Bertz CT molecular complexity index is 811. The van der Waals surface area contributed by atoms with Crippen LogP contribution in [0.15, 0.2) is 40.8 Å². The summed E-state index contributed by atoms with van der Waals surface area (Å²) in [5.41, 5.74) is 0.910. The lowest BCUT2D eigenvalue weighted by atomic mass is 10.1. The van der Waals surface area contributed by atoms with E-state index in [1.54, 1.807) is 30.3 Å². The van der Waals surface area contributed by atoms with Crippen molar-refractivity contribution in [3.8, 4) is 11.3 Å². The Hall–Kier alpha value is -2.89. The highest BCUT2D eigenvalue weighted by Gasteiger charge is 2.24. The second kappa shape index (κ2) is 7.56. The zero-order valence-corrected chi connectivity index (χ0v) is 15.6. The zero-order valence-electron chi connectivity index (χ0n) is 15.6. The van der Waals surface area contributed by atoms with Crippen LogP contribution in [0.3, 0.4) is 0 Å². The number of carbonyl (C=O) groups is 3. The standard InChI is InChI=1S/C20H23NO5/c1-12(22)14-6-8-15(9-7-14)16-10-11-17(26-16)19(24)25-13(2)18(23)21-20(3,4)5/h6-11,13H,1-5H3,(H,21,23). The van der Waals surface area contributed by atoms with Crippen LogP contribution in [0.2, 0.25) is 0 Å². The molecular formula is C20H23NO5. The maximum absolute atomic E-state index is 12.2. The summed E-state index contributed by atoms with van der Waals surface area (Å²) in [5, 5.41) is 2.75. The van der Waals surface area contributed by atoms with Crippen LogP contribution in [0.25, 0.3) is 11.3 Å². The van der Waals surface area contributed by atoms with E-state index in [1.165, 1.54) is 19.9 Å². The van der Waals surface area contributed by atoms with Gasteiger partial charge in [0.25, 0.3) is 5.91 Å². The summed E-state index contributed by atoms with van der Waals surface area (Å²) < 4.78 is 10.7. The fourth-order valence-corrected chi connectivity index (χ4v) is 2.22. The predicted molar refractivity (Wildman–Crippen MR) is 96.9 cm³/mol. The third kappa shape index (κ3) is 5.05. The summed E-state index contributed by atoms with van der Waals surface area (Å²) in [4.78, 5) is 35.5. The van der Waals surface area contributed by atoms with Gasteiger partial charge in [-0.15, -0.1) is 0 Å². The van der Waals surface area contributed by atoms with E-state index in [4.69, 9.17) is 9.15 Å². The van der Waals surface area contributed by atoms with Gasteiger partial charge in [-0.1, -0.05) is 24.3 Å². The van der Waals surface area contributed by atoms with E-state index in [0.717, 1.165) is 5.56 Å². The molecule has 1 aromatic carbocycles. The average molecular weight is 357 g/mol. The first-order chi connectivity index (χ1) is 12.1. The molecular weight excluding hydrogens is 334 g/mol. The lowest BCUT2D eigenvalue weighted by molar-refractivity contribution is -0.130. The minimum Gasteiger partial charge on any atom is -0.449 e. The Morgan fingerprint density at radius 2 is 1.65 bits per heavy atom. The second-order valence-electron chi connectivity index (χ2n) is 7.08. The van der Waals surface area contributed by atoms with Gasteiger partial charge < -0.3 is 14.5 Å². The van der Waals surface area contributed by atoms with Crippen LogP contribution < -0.4 is 5.32 Å². The van der Waals surface area contributed by atoms with Crippen LogP contribution >= 0.6 is 0 Å². The maximum atomic E-state index is 12.2. The fraction of sp³-hybridized carbons (Fsp3) is 0.350. The van der Waals surface area contributed by atoms with Crippen LogP contribution in [-0.2, 0) is 9.53 Å². The number of hydrogen-bond acceptors (Lipinski definition) is 5. The fourth-order valence-electron chi connectivity index (χ4n) is 2.22. The Labute approximate surface area is 152 Å². The quantitative estimate of drug-likeness (QED) is 0.653. The van der Waals surface area contributed by atoms with Crippen molar-refractivity contribution in [2.24, 2.45) is 0 Å². The largest absolute Gasteiger partial charge is 0.449 e. The molecule has 0 aliphatic carbocycles. The molecule has 2 rings (SSSR count). The molecule has 1 amide bonds. The van der Waals surface area contributed by atoms with Gasteiger partial charge >= 0.3 is 5.97 Å². The highest BCUT2D eigenvalue weighted by atomic mass is 16.6. The first kappa shape index (κ1) is 19.4. The number of esters is 1. The number of furan rings is 1. The number of amides is 1. The number of ether oxygens (including phenoxy) is 1. The topological polar surface area (TPSA) is 85.6 Å². The summed E-state index contributed by atoms with van der Waals surface area (Å²) in [5.74, 6) is -0.640. The van der Waals surface area contributed by atoms with Crippen molar-refractivity contribution in [2.45, 2.75) is 46.3 Å². The number of Topliss-reactive ketones (excluding diaryl/α,β-unsaturated/α-hetero) is 1. The van der Waals surface area contributed by atoms with Gasteiger partial charge in [0.2, 0.25) is 5.76 Å². The number of rotatable bonds is 5. The van der Waals surface area contributed by atoms with Crippen molar-refractivity contribution in [2.75, 3.05) is 0 Å². The summed E-state index contributed by atoms with van der Waals surface area (Å²) in [6.07, 6.45) is -0.940. The van der Waals surface area contributed by atoms with Gasteiger partial charge in [-0.25, -0.2) is 4.79 Å². The van der Waals surface area contributed by atoms with Gasteiger partial charge in [0, 0.05) is 16.7 Å². The molecule has 0 aliphatic heterocycles. The highest BCUT2D eigenvalue weighted by molar-refractivity contribution is 5.94. The number of nitrogens with one attached hydrogen (secondary N) is 1. The molecule has 1 N–H and O–H groups in total. The first-order valence-corrected chi connectivity index (χ1v) is 8.31. The Morgan fingerprint density at radius 3 is 2.19 bits per heavy atom. The molecule has 0 spiro atoms. The molecule has 1 unspecified atom stereocenters. The Balaban J connectivity index is 2.05. The van der Waals surface area contributed by atoms with Crippen LogP contribution in [0.5, 0.6) is 0 Å². The van der Waals surface area contributed by atoms with Crippen molar-refractivity contribution in [3.63, 3.8) is 0 Å². The second-order valence-corrected chi connectivity index (χ2v) is 7.08. The van der Waals surface area contributed by atoms with Gasteiger partial charge in [-0.2, -0.15) is 0 Å². The van der Waals surface area contributed by atoms with E-state index in [0.29, 0.717) is 11.3 Å². The van der Waals surface area contributed by atoms with Crippen LogP contribution in [-0.4, -0.2) is 29.3 Å². The number of hydrogen-bond donors (Lipinski definition) is 1. The predicted octanol–water partition coefficient (Wildman–Crippen LogP) is 3.61. The van der Waals surface area contributed by atoms with E-state index >= 15 is 0 Å². The molecule has 2 aromatic rings. The maximum Gasteiger partial charge on any atom is 0.375 e. The third-order valence-electron chi connectivity index (χ3n) is 3.53. The summed E-state index contributed by atoms with van der Waals surface area (Å²) in [6.45, 7) is 8.52. The molecule has 1 heterocycles. The monoisotopic (exact) mass is 357 g/mol. The van der Waals surface area contributed by atoms with Gasteiger partial charge in [-0.3, -0.25) is 9.59 Å². The van der Waals surface area contributed by atoms with Gasteiger partial charge in [0.05, 0.1) is 0 Å². The summed E-state index contributed by atoms with van der Waals surface area (Å²) in [6, 6.07) is 9.99. The van der Waals surface area contributed by atoms with Gasteiger partial charge in [0.15, 0.2) is 11.9 Å². The SMILES string of the molecule is CC(=O)c1ccc(-c2ccc(C(=O)OC(C)C(=O)NC(C)(C)C)o2)cc1. The molecule has 0 bridgehead atoms. The minimum absolute atomic E-state index is 0.00560. The van der Waals surface area contributed by atoms with Crippen molar-refractivity contribution in [1.82, 2.24) is 5.32 Å². The van der Waals surface area contributed by atoms with Crippen LogP contribution in [0.1, 0.15) is 55.5 Å². The van der Waals surface area contributed by atoms with Crippen LogP contribution in [0, 0.1) is 0 Å². The Kier molecular flexibility index (Phi) is 5.65. The zero-order chi connectivity index (χ0) is 19.5. The van der Waals surface area contributed by atoms with E-state index in [2.05, 4.69) is 5.32 Å². The number of carbonyl (C=O) groups excluding carboxylic acids is 3. The van der Waals surface area contributed by atoms with Crippen molar-refractivity contribution in [3.05, 3.63) is 47.7 Å². The first-order valence-electron chi connectivity index (χ1n) is 8.31. The Morgan fingerprint density at radius 1 is 1.04 bits per heavy atom. The van der Waals surface area contributed by atoms with Crippen molar-refractivity contribution >= 4 is 17.7 Å². The highest BCUT2D eigenvalue weighted by Crippen LogP contribution is 2.23. The van der Waals surface area contributed by atoms with Gasteiger partial charge in [-0.05, 0) is 46.8 Å². The van der Waals surface area contributed by atoms with E-state index in [9.17, 15) is 14.4 Å². The molecule has 0 radical (unpaired) electrons. The molecule has 0 fully saturated rings. The summed E-state index contributed by atoms with van der Waals surface area (Å²) >= 11 is 0. The molecule has 6 heteroatoms. The van der Waals surface area contributed by atoms with Gasteiger partial charge in [0.1, 0.15) is 5.76 Å². The molecule has 26 heavy (non-hydrogen) atoms. The minimum atomic E-state index is -0.940. The molecule has 0 saturated carbocycles. The molecule has 138 valence electrons. The van der Waals surface area contributed by atoms with E-state index < -0.39 is 17.6 Å². The lowest BCUT2D eigenvalue weighted by Crippen LogP contribution is -2.46. The lowest BCUT2D eigenvalue weighted by Gasteiger charge is -2.22. The molecule has 0 saturated heterocycles. The summed E-state index contributed by atoms with van der Waals surface area (Å²) in [7, 11) is 0. The molecule has 1 atom stereocenters. The molecule has 6 nitrogen and oxygen atoms in total. The molecule has 1 aromatic heterocycles. The number of ketones is 1. The smallest absolute Gasteiger partial charge is 0.375 e. The van der Waals surface area contributed by atoms with Crippen molar-refractivity contribution in [1.29, 1.82) is 0 Å². The average Bonchev–Trinajstić information content (AvgIpc) is 3.03. The third-order valence-corrected chi connectivity index (χ3v) is 3.53.